The molecule has 0 aliphatic carbocycles. The molecule has 14 heavy (non-hydrogen) atoms. The van der Waals surface area contributed by atoms with Gasteiger partial charge in [0.25, 0.3) is 0 Å². The minimum Gasteiger partial charge on any atom is -0.349 e. The second-order valence-corrected chi connectivity index (χ2v) is 4.81. The van der Waals surface area contributed by atoms with E-state index >= 15 is 0 Å². The van der Waals surface area contributed by atoms with Gasteiger partial charge in [-0.25, -0.2) is 0 Å². The molecule has 0 saturated carbocycles. The molecule has 1 aromatic rings. The largest absolute Gasteiger partial charge is 0.349 e. The van der Waals surface area contributed by atoms with Crippen molar-refractivity contribution in [2.45, 2.75) is 39.7 Å². The average molecular weight is 211 g/mol. The van der Waals surface area contributed by atoms with E-state index in [0.717, 1.165) is 0 Å². The first kappa shape index (κ1) is 11.7. The summed E-state index contributed by atoms with van der Waals surface area (Å²) in [5, 5.41) is 0. The molecule has 1 aromatic heterocycles. The molecule has 0 aromatic carbocycles. The molecular weight excluding hydrogens is 190 g/mol. The Balaban J connectivity index is 2.24. The van der Waals surface area contributed by atoms with Crippen LogP contribution in [0.4, 0.5) is 0 Å². The van der Waals surface area contributed by atoms with E-state index in [1.165, 1.54) is 42.9 Å². The van der Waals surface area contributed by atoms with Crippen molar-refractivity contribution in [3.05, 3.63) is 23.5 Å². The number of aryl methyl sites for hydroxylation is 2. The molecule has 0 spiro atoms. The summed E-state index contributed by atoms with van der Waals surface area (Å²) in [6, 6.07) is 4.41. The lowest BCUT2D eigenvalue weighted by molar-refractivity contribution is 0.586. The predicted molar refractivity (Wildman–Crippen MR) is 66.1 cm³/mol. The van der Waals surface area contributed by atoms with Gasteiger partial charge < -0.3 is 4.57 Å². The van der Waals surface area contributed by atoms with Crippen LogP contribution in [0.25, 0.3) is 0 Å². The normalized spacial score (nSPS) is 10.8. The van der Waals surface area contributed by atoms with Crippen LogP contribution < -0.4 is 0 Å². The Morgan fingerprint density at radius 2 is 1.71 bits per heavy atom. The van der Waals surface area contributed by atoms with Crippen molar-refractivity contribution >= 4 is 11.8 Å². The van der Waals surface area contributed by atoms with Crippen LogP contribution >= 0.6 is 11.8 Å². The fraction of sp³-hybridized carbons (Fsp3) is 0.667. The number of thioether (sulfide) groups is 1. The van der Waals surface area contributed by atoms with Gasteiger partial charge in [-0.2, -0.15) is 11.8 Å². The Morgan fingerprint density at radius 3 is 2.29 bits per heavy atom. The summed E-state index contributed by atoms with van der Waals surface area (Å²) in [7, 11) is 0. The van der Waals surface area contributed by atoms with E-state index in [1.54, 1.807) is 0 Å². The molecule has 1 rings (SSSR count). The minimum absolute atomic E-state index is 1.19. The third kappa shape index (κ3) is 3.41. The van der Waals surface area contributed by atoms with Gasteiger partial charge in [-0.1, -0.05) is 6.42 Å². The zero-order valence-corrected chi connectivity index (χ0v) is 10.4. The van der Waals surface area contributed by atoms with Gasteiger partial charge in [-0.15, -0.1) is 0 Å². The average Bonchev–Trinajstić information content (AvgIpc) is 2.48. The lowest BCUT2D eigenvalue weighted by atomic mass is 10.2. The van der Waals surface area contributed by atoms with Crippen LogP contribution in [-0.4, -0.2) is 16.6 Å². The van der Waals surface area contributed by atoms with Crippen molar-refractivity contribution in [1.82, 2.24) is 4.57 Å². The number of hydrogen-bond acceptors (Lipinski definition) is 1. The number of nitrogens with zero attached hydrogens (tertiary/aromatic N) is 1. The van der Waals surface area contributed by atoms with Crippen LogP contribution in [0.15, 0.2) is 12.1 Å². The Labute approximate surface area is 91.9 Å². The van der Waals surface area contributed by atoms with Gasteiger partial charge in [0.05, 0.1) is 0 Å². The topological polar surface area (TPSA) is 4.93 Å². The highest BCUT2D eigenvalue weighted by molar-refractivity contribution is 7.98. The second-order valence-electron chi connectivity index (χ2n) is 3.82. The molecule has 0 bridgehead atoms. The lowest BCUT2D eigenvalue weighted by Gasteiger charge is -2.08. The van der Waals surface area contributed by atoms with Crippen LogP contribution in [0.1, 0.15) is 30.7 Å². The minimum atomic E-state index is 1.19. The summed E-state index contributed by atoms with van der Waals surface area (Å²) in [6.07, 6.45) is 6.22. The number of rotatable bonds is 6. The van der Waals surface area contributed by atoms with Gasteiger partial charge in [-0.3, -0.25) is 0 Å². The van der Waals surface area contributed by atoms with Crippen LogP contribution in [0.3, 0.4) is 0 Å². The van der Waals surface area contributed by atoms with E-state index in [9.17, 15) is 0 Å². The van der Waals surface area contributed by atoms with Crippen LogP contribution in [0, 0.1) is 13.8 Å². The van der Waals surface area contributed by atoms with Crippen LogP contribution in [-0.2, 0) is 6.54 Å². The first-order valence-corrected chi connectivity index (χ1v) is 6.76. The number of unbranched alkanes of at least 4 members (excludes halogenated alkanes) is 2. The van der Waals surface area contributed by atoms with Crippen molar-refractivity contribution in [3.8, 4) is 0 Å². The van der Waals surface area contributed by atoms with Crippen molar-refractivity contribution in [3.63, 3.8) is 0 Å². The van der Waals surface area contributed by atoms with E-state index in [4.69, 9.17) is 0 Å². The van der Waals surface area contributed by atoms with Crippen LogP contribution in [0.5, 0.6) is 0 Å². The van der Waals surface area contributed by atoms with Gasteiger partial charge in [0.15, 0.2) is 0 Å². The molecule has 80 valence electrons. The molecule has 0 saturated heterocycles. The maximum atomic E-state index is 2.42. The zero-order valence-electron chi connectivity index (χ0n) is 9.55. The summed E-state index contributed by atoms with van der Waals surface area (Å²) in [4.78, 5) is 0. The number of aromatic nitrogens is 1. The molecule has 0 amide bonds. The third-order valence-corrected chi connectivity index (χ3v) is 3.34. The highest BCUT2D eigenvalue weighted by atomic mass is 32.2. The Kier molecular flexibility index (Phi) is 5.16. The predicted octanol–water partition coefficient (Wildman–Crippen LogP) is 3.64. The Morgan fingerprint density at radius 1 is 1.07 bits per heavy atom. The first-order chi connectivity index (χ1) is 6.75. The third-order valence-electron chi connectivity index (χ3n) is 2.65. The maximum absolute atomic E-state index is 2.42. The molecule has 0 fully saturated rings. The van der Waals surface area contributed by atoms with E-state index in [2.05, 4.69) is 36.8 Å². The molecule has 1 nitrogen and oxygen atoms in total. The monoisotopic (exact) mass is 211 g/mol. The highest BCUT2D eigenvalue weighted by Crippen LogP contribution is 2.10. The summed E-state index contributed by atoms with van der Waals surface area (Å²) < 4.78 is 2.42. The molecule has 2 heteroatoms. The molecule has 0 atom stereocenters. The fourth-order valence-electron chi connectivity index (χ4n) is 1.75. The standard InChI is InChI=1S/C12H21NS/c1-11-7-8-12(2)13(11)9-5-4-6-10-14-3/h7-8H,4-6,9-10H2,1-3H3. The van der Waals surface area contributed by atoms with E-state index < -0.39 is 0 Å². The molecule has 0 radical (unpaired) electrons. The van der Waals surface area contributed by atoms with Gasteiger partial charge >= 0.3 is 0 Å². The Bertz CT molecular complexity index is 246. The van der Waals surface area contributed by atoms with E-state index in [0.29, 0.717) is 0 Å². The molecule has 0 N–H and O–H groups in total. The molecule has 0 unspecified atom stereocenters. The fourth-order valence-corrected chi connectivity index (χ4v) is 2.24. The quantitative estimate of drug-likeness (QED) is 0.650. The summed E-state index contributed by atoms with van der Waals surface area (Å²) >= 11 is 1.95. The summed E-state index contributed by atoms with van der Waals surface area (Å²) in [5.74, 6) is 1.31. The van der Waals surface area contributed by atoms with Crippen LogP contribution in [0.2, 0.25) is 0 Å². The van der Waals surface area contributed by atoms with Crippen molar-refractivity contribution in [2.75, 3.05) is 12.0 Å². The van der Waals surface area contributed by atoms with Crippen molar-refractivity contribution in [2.24, 2.45) is 0 Å². The van der Waals surface area contributed by atoms with Gasteiger partial charge in [0, 0.05) is 17.9 Å². The van der Waals surface area contributed by atoms with E-state index in [-0.39, 0.29) is 0 Å². The molecule has 1 heterocycles. The Hall–Kier alpha value is -0.370. The maximum Gasteiger partial charge on any atom is 0.0224 e. The smallest absolute Gasteiger partial charge is 0.0224 e. The molecular formula is C12H21NS. The van der Waals surface area contributed by atoms with Gasteiger partial charge in [0.2, 0.25) is 0 Å². The first-order valence-electron chi connectivity index (χ1n) is 5.37. The second kappa shape index (κ2) is 6.18. The molecule has 0 aliphatic rings. The SMILES string of the molecule is CSCCCCCn1c(C)ccc1C. The van der Waals surface area contributed by atoms with Crippen molar-refractivity contribution < 1.29 is 0 Å². The van der Waals surface area contributed by atoms with E-state index in [1.807, 2.05) is 11.8 Å². The van der Waals surface area contributed by atoms with Gasteiger partial charge in [0.1, 0.15) is 0 Å². The lowest BCUT2D eigenvalue weighted by Crippen LogP contribution is -2.02. The zero-order chi connectivity index (χ0) is 10.4. The van der Waals surface area contributed by atoms with Gasteiger partial charge in [-0.05, 0) is 50.8 Å². The summed E-state index contributed by atoms with van der Waals surface area (Å²) in [5.41, 5.74) is 2.79. The number of hydrogen-bond donors (Lipinski definition) is 0. The highest BCUT2D eigenvalue weighted by Gasteiger charge is 1.99. The molecule has 0 aliphatic heterocycles. The van der Waals surface area contributed by atoms with Crippen molar-refractivity contribution in [1.29, 1.82) is 0 Å². The summed E-state index contributed by atoms with van der Waals surface area (Å²) in [6.45, 7) is 5.57.